The van der Waals surface area contributed by atoms with Crippen molar-refractivity contribution in [3.05, 3.63) is 64.0 Å². The number of hydrogen-bond donors (Lipinski definition) is 2. The molecule has 24 heavy (non-hydrogen) atoms. The Labute approximate surface area is 137 Å². The van der Waals surface area contributed by atoms with Crippen molar-refractivity contribution in [3.63, 3.8) is 0 Å². The van der Waals surface area contributed by atoms with Crippen molar-refractivity contribution < 1.29 is 19.1 Å². The summed E-state index contributed by atoms with van der Waals surface area (Å²) in [5.74, 6) is 0.00361. The van der Waals surface area contributed by atoms with E-state index >= 15 is 0 Å². The summed E-state index contributed by atoms with van der Waals surface area (Å²) in [6.45, 7) is 1.76. The number of phenolic OH excluding ortho intramolecular Hbond substituents is 1. The van der Waals surface area contributed by atoms with Crippen LogP contribution in [-0.2, 0) is 0 Å². The first-order valence-corrected chi connectivity index (χ1v) is 7.21. The normalized spacial score (nSPS) is 10.6. The summed E-state index contributed by atoms with van der Waals surface area (Å²) < 4.78 is 10.2. The van der Waals surface area contributed by atoms with Gasteiger partial charge in [-0.3, -0.25) is 4.79 Å². The summed E-state index contributed by atoms with van der Waals surface area (Å²) in [6, 6.07) is 10.9. The number of methoxy groups -OCH3 is 1. The number of carbonyl (C=O) groups is 1. The van der Waals surface area contributed by atoms with E-state index in [0.717, 1.165) is 0 Å². The highest BCUT2D eigenvalue weighted by atomic mass is 16.5. The maximum Gasteiger partial charge on any atom is 0.336 e. The molecule has 2 aromatic carbocycles. The van der Waals surface area contributed by atoms with Gasteiger partial charge < -0.3 is 19.6 Å². The van der Waals surface area contributed by atoms with Crippen LogP contribution in [-0.4, -0.2) is 18.1 Å². The van der Waals surface area contributed by atoms with Gasteiger partial charge in [0.05, 0.1) is 7.11 Å². The summed E-state index contributed by atoms with van der Waals surface area (Å²) in [4.78, 5) is 24.0. The monoisotopic (exact) mass is 325 g/mol. The second-order valence-corrected chi connectivity index (χ2v) is 5.27. The highest BCUT2D eigenvalue weighted by Gasteiger charge is 2.15. The minimum Gasteiger partial charge on any atom is -0.506 e. The summed E-state index contributed by atoms with van der Waals surface area (Å²) >= 11 is 0. The number of aryl methyl sites for hydroxylation is 1. The number of anilines is 1. The number of rotatable bonds is 3. The maximum atomic E-state index is 12.4. The van der Waals surface area contributed by atoms with Crippen LogP contribution in [0.5, 0.6) is 11.5 Å². The molecule has 0 fully saturated rings. The van der Waals surface area contributed by atoms with Crippen molar-refractivity contribution in [3.8, 4) is 11.5 Å². The lowest BCUT2D eigenvalue weighted by Gasteiger charge is -2.11. The smallest absolute Gasteiger partial charge is 0.336 e. The van der Waals surface area contributed by atoms with E-state index in [4.69, 9.17) is 9.15 Å². The van der Waals surface area contributed by atoms with Crippen LogP contribution < -0.4 is 15.7 Å². The number of aromatic hydroxyl groups is 1. The van der Waals surface area contributed by atoms with Gasteiger partial charge >= 0.3 is 5.63 Å². The van der Waals surface area contributed by atoms with Crippen LogP contribution in [0.2, 0.25) is 0 Å². The Morgan fingerprint density at radius 2 is 1.88 bits per heavy atom. The van der Waals surface area contributed by atoms with E-state index in [2.05, 4.69) is 5.32 Å². The molecule has 3 aromatic rings. The quantitative estimate of drug-likeness (QED) is 0.571. The first-order chi connectivity index (χ1) is 11.5. The van der Waals surface area contributed by atoms with E-state index in [1.807, 2.05) is 0 Å². The van der Waals surface area contributed by atoms with Gasteiger partial charge in [-0.15, -0.1) is 0 Å². The van der Waals surface area contributed by atoms with Crippen LogP contribution >= 0.6 is 0 Å². The third-order valence-corrected chi connectivity index (χ3v) is 3.69. The van der Waals surface area contributed by atoms with Gasteiger partial charge in [-0.1, -0.05) is 0 Å². The Hall–Kier alpha value is -3.28. The van der Waals surface area contributed by atoms with Crippen molar-refractivity contribution in [2.24, 2.45) is 0 Å². The lowest BCUT2D eigenvalue weighted by molar-refractivity contribution is 0.102. The van der Waals surface area contributed by atoms with Crippen molar-refractivity contribution in [2.75, 3.05) is 12.4 Å². The zero-order chi connectivity index (χ0) is 17.3. The van der Waals surface area contributed by atoms with Gasteiger partial charge in [0, 0.05) is 17.0 Å². The van der Waals surface area contributed by atoms with Crippen molar-refractivity contribution in [2.45, 2.75) is 6.92 Å². The molecule has 0 atom stereocenters. The SMILES string of the molecule is COc1ccc(C(=O)Nc2c(O)ccc3c(C)cc(=O)oc23)cc1. The average molecular weight is 325 g/mol. The third kappa shape index (κ3) is 2.81. The molecule has 1 heterocycles. The number of ether oxygens (including phenoxy) is 1. The molecule has 0 aliphatic rings. The minimum atomic E-state index is -0.550. The molecule has 6 nitrogen and oxygen atoms in total. The summed E-state index contributed by atoms with van der Waals surface area (Å²) in [5, 5.41) is 13.3. The molecule has 0 saturated carbocycles. The molecule has 1 aromatic heterocycles. The van der Waals surface area contributed by atoms with E-state index in [0.29, 0.717) is 22.3 Å². The molecule has 0 radical (unpaired) electrons. The fourth-order valence-electron chi connectivity index (χ4n) is 2.42. The molecular formula is C18H15NO5. The molecule has 3 rings (SSSR count). The first-order valence-electron chi connectivity index (χ1n) is 7.21. The summed E-state index contributed by atoms with van der Waals surface area (Å²) in [7, 11) is 1.54. The standard InChI is InChI=1S/C18H15NO5/c1-10-9-15(21)24-17-13(10)7-8-14(20)16(17)19-18(22)11-3-5-12(23-2)6-4-11/h3-9,20H,1-2H3,(H,19,22). The van der Waals surface area contributed by atoms with Gasteiger partial charge in [0.25, 0.3) is 5.91 Å². The highest BCUT2D eigenvalue weighted by Crippen LogP contribution is 2.33. The molecule has 0 bridgehead atoms. The number of hydrogen-bond acceptors (Lipinski definition) is 5. The van der Waals surface area contributed by atoms with Crippen LogP contribution in [0.15, 0.2) is 51.7 Å². The fraction of sp³-hybridized carbons (Fsp3) is 0.111. The van der Waals surface area contributed by atoms with E-state index in [1.54, 1.807) is 37.3 Å². The molecule has 2 N–H and O–H groups in total. The second-order valence-electron chi connectivity index (χ2n) is 5.27. The predicted molar refractivity (Wildman–Crippen MR) is 89.8 cm³/mol. The van der Waals surface area contributed by atoms with Gasteiger partial charge in [-0.05, 0) is 48.9 Å². The van der Waals surface area contributed by atoms with E-state index in [-0.39, 0.29) is 17.0 Å². The molecular weight excluding hydrogens is 310 g/mol. The van der Waals surface area contributed by atoms with Crippen LogP contribution in [0.1, 0.15) is 15.9 Å². The highest BCUT2D eigenvalue weighted by molar-refractivity contribution is 6.09. The molecule has 122 valence electrons. The Kier molecular flexibility index (Phi) is 3.95. The lowest BCUT2D eigenvalue weighted by atomic mass is 10.1. The first kappa shape index (κ1) is 15.6. The largest absolute Gasteiger partial charge is 0.506 e. The molecule has 0 aliphatic heterocycles. The molecule has 0 unspecified atom stereocenters. The number of carbonyl (C=O) groups excluding carboxylic acids is 1. The Morgan fingerprint density at radius 1 is 1.17 bits per heavy atom. The van der Waals surface area contributed by atoms with Gasteiger partial charge in [0.2, 0.25) is 0 Å². The van der Waals surface area contributed by atoms with Crippen molar-refractivity contribution in [1.82, 2.24) is 0 Å². The maximum absolute atomic E-state index is 12.4. The number of nitrogens with one attached hydrogen (secondary N) is 1. The third-order valence-electron chi connectivity index (χ3n) is 3.69. The molecule has 0 spiro atoms. The Balaban J connectivity index is 2.04. The zero-order valence-corrected chi connectivity index (χ0v) is 13.1. The van der Waals surface area contributed by atoms with Crippen LogP contribution in [0.4, 0.5) is 5.69 Å². The van der Waals surface area contributed by atoms with Crippen molar-refractivity contribution >= 4 is 22.6 Å². The summed E-state index contributed by atoms with van der Waals surface area (Å²) in [6.07, 6.45) is 0. The van der Waals surface area contributed by atoms with E-state index in [9.17, 15) is 14.7 Å². The van der Waals surface area contributed by atoms with Gasteiger partial charge in [0.15, 0.2) is 5.58 Å². The van der Waals surface area contributed by atoms with Crippen LogP contribution in [0, 0.1) is 6.92 Å². The van der Waals surface area contributed by atoms with Crippen molar-refractivity contribution in [1.29, 1.82) is 0 Å². The molecule has 6 heteroatoms. The van der Waals surface area contributed by atoms with E-state index < -0.39 is 11.5 Å². The number of benzene rings is 2. The Bertz CT molecular complexity index is 973. The lowest BCUT2D eigenvalue weighted by Crippen LogP contribution is -2.13. The summed E-state index contributed by atoms with van der Waals surface area (Å²) in [5.41, 5.74) is 0.727. The molecule has 0 saturated heterocycles. The molecule has 0 aliphatic carbocycles. The topological polar surface area (TPSA) is 88.8 Å². The second kappa shape index (κ2) is 6.08. The van der Waals surface area contributed by atoms with Gasteiger partial charge in [-0.2, -0.15) is 0 Å². The average Bonchev–Trinajstić information content (AvgIpc) is 2.57. The number of amides is 1. The predicted octanol–water partition coefficient (Wildman–Crippen LogP) is 3.07. The fourth-order valence-corrected chi connectivity index (χ4v) is 2.42. The Morgan fingerprint density at radius 3 is 2.54 bits per heavy atom. The molecule has 1 amide bonds. The van der Waals surface area contributed by atoms with Gasteiger partial charge in [-0.25, -0.2) is 4.79 Å². The zero-order valence-electron chi connectivity index (χ0n) is 13.1. The van der Waals surface area contributed by atoms with E-state index in [1.165, 1.54) is 19.2 Å². The van der Waals surface area contributed by atoms with Crippen LogP contribution in [0.3, 0.4) is 0 Å². The number of phenols is 1. The van der Waals surface area contributed by atoms with Crippen LogP contribution in [0.25, 0.3) is 11.0 Å². The number of fused-ring (bicyclic) bond motifs is 1. The van der Waals surface area contributed by atoms with Gasteiger partial charge in [0.1, 0.15) is 17.2 Å². The minimum absolute atomic E-state index is 0.0640.